The highest BCUT2D eigenvalue weighted by atomic mass is 32.1. The Morgan fingerprint density at radius 3 is 2.03 bits per heavy atom. The van der Waals surface area contributed by atoms with Crippen molar-refractivity contribution in [1.82, 2.24) is 9.78 Å². The molecule has 0 unspecified atom stereocenters. The van der Waals surface area contributed by atoms with Gasteiger partial charge in [-0.1, -0.05) is 38.0 Å². The molecule has 3 aromatic rings. The number of aliphatic hydroxyl groups excluding tert-OH is 1. The third-order valence-electron chi connectivity index (χ3n) is 4.75. The molecule has 0 radical (unpaired) electrons. The summed E-state index contributed by atoms with van der Waals surface area (Å²) in [5.74, 6) is 2.24. The maximum Gasteiger partial charge on any atom is 0.433 e. The highest BCUT2D eigenvalue weighted by Gasteiger charge is 2.35. The molecule has 1 aliphatic heterocycles. The van der Waals surface area contributed by atoms with E-state index in [-0.39, 0.29) is 0 Å². The van der Waals surface area contributed by atoms with E-state index in [0.29, 0.717) is 5.69 Å². The van der Waals surface area contributed by atoms with Gasteiger partial charge in [0.2, 0.25) is 0 Å². The van der Waals surface area contributed by atoms with E-state index in [2.05, 4.69) is 46.3 Å². The molecule has 8 heteroatoms. The molecule has 1 N–H and O–H groups in total. The molecule has 0 aliphatic carbocycles. The van der Waals surface area contributed by atoms with Crippen LogP contribution in [0.25, 0.3) is 10.6 Å². The van der Waals surface area contributed by atoms with Gasteiger partial charge in [0, 0.05) is 37.6 Å². The van der Waals surface area contributed by atoms with Crippen molar-refractivity contribution in [2.45, 2.75) is 53.1 Å². The van der Waals surface area contributed by atoms with Crippen LogP contribution in [0, 0.1) is 19.0 Å². The minimum atomic E-state index is -4.35. The van der Waals surface area contributed by atoms with E-state index < -0.39 is 11.9 Å². The molecule has 4 nitrogen and oxygen atoms in total. The summed E-state index contributed by atoms with van der Waals surface area (Å²) in [6, 6.07) is 15.4. The number of nitrogens with zero attached hydrogens (tertiary/aromatic N) is 3. The first kappa shape index (κ1) is 29.1. The van der Waals surface area contributed by atoms with Gasteiger partial charge in [0.25, 0.3) is 0 Å². The number of hydrogen-bond acceptors (Lipinski definition) is 4. The number of aryl methyl sites for hydroxylation is 2. The monoisotopic (exact) mass is 493 g/mol. The lowest BCUT2D eigenvalue weighted by Crippen LogP contribution is -2.29. The maximum atomic E-state index is 12.5. The minimum absolute atomic E-state index is 0.368. The van der Waals surface area contributed by atoms with Crippen LogP contribution in [0.2, 0.25) is 0 Å². The Morgan fingerprint density at radius 1 is 1.00 bits per heavy atom. The zero-order chi connectivity index (χ0) is 25.6. The molecule has 1 aliphatic rings. The van der Waals surface area contributed by atoms with Crippen LogP contribution < -0.4 is 4.90 Å². The molecule has 1 fully saturated rings. The van der Waals surface area contributed by atoms with Crippen LogP contribution in [0.4, 0.5) is 18.9 Å². The SMILES string of the molecule is CC.CC#CO.Cc1ccc(-c2cc(C(F)(F)F)n(C)n2)s1.c1ccc(N2CCCCC2)cc1. The molecule has 1 saturated heterocycles. The summed E-state index contributed by atoms with van der Waals surface area (Å²) in [6.07, 6.45) is 1.44. The number of halogens is 3. The number of aromatic nitrogens is 2. The Kier molecular flexibility index (Phi) is 12.9. The van der Waals surface area contributed by atoms with Crippen molar-refractivity contribution >= 4 is 17.0 Å². The van der Waals surface area contributed by atoms with Gasteiger partial charge < -0.3 is 10.0 Å². The summed E-state index contributed by atoms with van der Waals surface area (Å²) in [4.78, 5) is 4.28. The number of hydrogen-bond donors (Lipinski definition) is 1. The molecule has 0 bridgehead atoms. The van der Waals surface area contributed by atoms with Gasteiger partial charge in [-0.25, -0.2) is 0 Å². The third-order valence-corrected chi connectivity index (χ3v) is 5.78. The van der Waals surface area contributed by atoms with Crippen molar-refractivity contribution in [3.05, 3.63) is 59.1 Å². The van der Waals surface area contributed by atoms with Crippen molar-refractivity contribution in [2.75, 3.05) is 18.0 Å². The molecule has 0 atom stereocenters. The number of alkyl halides is 3. The lowest BCUT2D eigenvalue weighted by atomic mass is 10.1. The van der Waals surface area contributed by atoms with Crippen molar-refractivity contribution in [2.24, 2.45) is 7.05 Å². The first-order valence-corrected chi connectivity index (χ1v) is 12.1. The number of rotatable bonds is 2. The van der Waals surface area contributed by atoms with E-state index in [0.717, 1.165) is 20.5 Å². The Labute approximate surface area is 205 Å². The summed E-state index contributed by atoms with van der Waals surface area (Å²) >= 11 is 1.43. The summed E-state index contributed by atoms with van der Waals surface area (Å²) in [5, 5.41) is 11.4. The number of para-hydroxylation sites is 1. The molecule has 0 amide bonds. The topological polar surface area (TPSA) is 41.3 Å². The molecular weight excluding hydrogens is 459 g/mol. The molecule has 4 rings (SSSR count). The largest absolute Gasteiger partial charge is 0.462 e. The lowest BCUT2D eigenvalue weighted by molar-refractivity contribution is -0.143. The van der Waals surface area contributed by atoms with Crippen molar-refractivity contribution in [3.63, 3.8) is 0 Å². The summed E-state index contributed by atoms with van der Waals surface area (Å²) in [7, 11) is 1.30. The third kappa shape index (κ3) is 9.52. The Morgan fingerprint density at radius 2 is 1.59 bits per heavy atom. The maximum absolute atomic E-state index is 12.5. The molecule has 186 valence electrons. The molecule has 2 aromatic heterocycles. The standard InChI is InChI=1S/C11H15N.C10H9F3N2S.C3H4O.C2H6/c1-3-7-11(8-4-1)12-9-5-2-6-10-12;1-6-3-4-8(16-6)7-5-9(10(11,12)13)15(2)14-7;1-2-3-4;1-2/h1,3-4,7-8H,2,5-6,9-10H2;3-5H,1-2H3;4H,1H3;1-2H3. The fraction of sp³-hybridized carbons (Fsp3) is 0.423. The van der Waals surface area contributed by atoms with Gasteiger partial charge in [0.15, 0.2) is 0 Å². The first-order chi connectivity index (χ1) is 16.3. The van der Waals surface area contributed by atoms with Gasteiger partial charge >= 0.3 is 6.18 Å². The second-order valence-corrected chi connectivity index (χ2v) is 8.48. The van der Waals surface area contributed by atoms with E-state index >= 15 is 0 Å². The quantitative estimate of drug-likeness (QED) is 0.375. The van der Waals surface area contributed by atoms with Crippen LogP contribution in [0.15, 0.2) is 48.5 Å². The highest BCUT2D eigenvalue weighted by Crippen LogP contribution is 2.33. The van der Waals surface area contributed by atoms with E-state index in [9.17, 15) is 13.2 Å². The fourth-order valence-corrected chi connectivity index (χ4v) is 4.04. The average Bonchev–Trinajstić information content (AvgIpc) is 3.47. The van der Waals surface area contributed by atoms with E-state index in [4.69, 9.17) is 5.11 Å². The number of aliphatic hydroxyl groups is 1. The minimum Gasteiger partial charge on any atom is -0.462 e. The summed E-state index contributed by atoms with van der Waals surface area (Å²) < 4.78 is 38.4. The Hall–Kier alpha value is -2.92. The van der Waals surface area contributed by atoms with Gasteiger partial charge in [-0.15, -0.1) is 11.3 Å². The van der Waals surface area contributed by atoms with Crippen LogP contribution >= 0.6 is 11.3 Å². The summed E-state index contributed by atoms with van der Waals surface area (Å²) in [6.45, 7) is 9.95. The summed E-state index contributed by atoms with van der Waals surface area (Å²) in [5.41, 5.74) is 1.03. The van der Waals surface area contributed by atoms with Gasteiger partial charge in [-0.05, 0) is 56.5 Å². The number of thiophene rings is 1. The zero-order valence-electron chi connectivity index (χ0n) is 20.5. The number of anilines is 1. The van der Waals surface area contributed by atoms with Crippen LogP contribution in [-0.2, 0) is 13.2 Å². The second kappa shape index (κ2) is 15.1. The van der Waals surface area contributed by atoms with E-state index in [1.54, 1.807) is 19.1 Å². The molecule has 1 aromatic carbocycles. The zero-order valence-corrected chi connectivity index (χ0v) is 21.3. The second-order valence-electron chi connectivity index (χ2n) is 7.19. The van der Waals surface area contributed by atoms with Crippen LogP contribution in [0.5, 0.6) is 0 Å². The van der Waals surface area contributed by atoms with E-state index in [1.807, 2.05) is 26.8 Å². The first-order valence-electron chi connectivity index (χ1n) is 11.3. The molecule has 34 heavy (non-hydrogen) atoms. The van der Waals surface area contributed by atoms with E-state index in [1.165, 1.54) is 56.4 Å². The van der Waals surface area contributed by atoms with Crippen molar-refractivity contribution in [1.29, 1.82) is 0 Å². The molecular formula is C26H34F3N3OS. The van der Waals surface area contributed by atoms with Crippen molar-refractivity contribution in [3.8, 4) is 22.6 Å². The number of piperidine rings is 1. The van der Waals surface area contributed by atoms with Crippen LogP contribution in [0.3, 0.4) is 0 Å². The Bertz CT molecular complexity index is 1010. The van der Waals surface area contributed by atoms with Crippen LogP contribution in [-0.4, -0.2) is 28.0 Å². The average molecular weight is 494 g/mol. The molecule has 0 saturated carbocycles. The van der Waals surface area contributed by atoms with Gasteiger partial charge in [-0.2, -0.15) is 18.3 Å². The lowest BCUT2D eigenvalue weighted by Gasteiger charge is -2.28. The van der Waals surface area contributed by atoms with Gasteiger partial charge in [0.1, 0.15) is 17.5 Å². The van der Waals surface area contributed by atoms with Gasteiger partial charge in [0.05, 0.1) is 4.88 Å². The van der Waals surface area contributed by atoms with Crippen LogP contribution in [0.1, 0.15) is 50.6 Å². The normalized spacial score (nSPS) is 12.5. The van der Waals surface area contributed by atoms with Gasteiger partial charge in [-0.3, -0.25) is 4.68 Å². The predicted molar refractivity (Wildman–Crippen MR) is 135 cm³/mol. The van der Waals surface area contributed by atoms with Crippen molar-refractivity contribution < 1.29 is 18.3 Å². The smallest absolute Gasteiger partial charge is 0.433 e. The molecule has 3 heterocycles. The number of benzene rings is 1. The Balaban J connectivity index is 0.000000283. The molecule has 0 spiro atoms. The predicted octanol–water partition coefficient (Wildman–Crippen LogP) is 7.52. The fourth-order valence-electron chi connectivity index (χ4n) is 3.22. The highest BCUT2D eigenvalue weighted by molar-refractivity contribution is 7.15.